The summed E-state index contributed by atoms with van der Waals surface area (Å²) in [7, 11) is 1.63. The van der Waals surface area contributed by atoms with Gasteiger partial charge < -0.3 is 10.1 Å². The molecule has 0 aliphatic carbocycles. The van der Waals surface area contributed by atoms with Gasteiger partial charge in [-0.3, -0.25) is 4.79 Å². The van der Waals surface area contributed by atoms with E-state index in [0.717, 1.165) is 27.6 Å². The first kappa shape index (κ1) is 16.2. The molecule has 5 heteroatoms. The predicted molar refractivity (Wildman–Crippen MR) is 96.5 cm³/mol. The Hall–Kier alpha value is -2.66. The Balaban J connectivity index is 1.78. The number of carbonyl (C=O) groups is 1. The van der Waals surface area contributed by atoms with E-state index in [9.17, 15) is 4.79 Å². The van der Waals surface area contributed by atoms with Gasteiger partial charge in [-0.1, -0.05) is 42.5 Å². The highest BCUT2D eigenvalue weighted by Crippen LogP contribution is 2.27. The molecular formula is C19H18N2O2S. The Morgan fingerprint density at radius 2 is 1.96 bits per heavy atom. The molecule has 0 unspecified atom stereocenters. The number of hydrogen-bond donors (Lipinski definition) is 1. The van der Waals surface area contributed by atoms with E-state index < -0.39 is 0 Å². The van der Waals surface area contributed by atoms with Gasteiger partial charge in [-0.15, -0.1) is 11.3 Å². The summed E-state index contributed by atoms with van der Waals surface area (Å²) in [4.78, 5) is 17.8. The Bertz CT molecular complexity index is 844. The van der Waals surface area contributed by atoms with Gasteiger partial charge in [0, 0.05) is 12.1 Å². The third-order valence-corrected chi connectivity index (χ3v) is 4.54. The molecule has 1 aromatic heterocycles. The molecule has 0 fully saturated rings. The first-order valence-electron chi connectivity index (χ1n) is 7.61. The molecule has 1 heterocycles. The van der Waals surface area contributed by atoms with E-state index in [1.54, 1.807) is 7.11 Å². The van der Waals surface area contributed by atoms with Crippen molar-refractivity contribution in [2.45, 2.75) is 13.5 Å². The number of ether oxygens (including phenoxy) is 1. The van der Waals surface area contributed by atoms with Gasteiger partial charge in [0.2, 0.25) is 0 Å². The minimum atomic E-state index is -0.109. The maximum Gasteiger partial charge on any atom is 0.263 e. The lowest BCUT2D eigenvalue weighted by molar-refractivity contribution is 0.0955. The number of thiazole rings is 1. The number of aromatic nitrogens is 1. The smallest absolute Gasteiger partial charge is 0.263 e. The van der Waals surface area contributed by atoms with Crippen LogP contribution < -0.4 is 10.1 Å². The Morgan fingerprint density at radius 3 is 2.71 bits per heavy atom. The molecule has 0 atom stereocenters. The van der Waals surface area contributed by atoms with Crippen molar-refractivity contribution in [2.75, 3.05) is 7.11 Å². The summed E-state index contributed by atoms with van der Waals surface area (Å²) in [6.45, 7) is 2.36. The predicted octanol–water partition coefficient (Wildman–Crippen LogP) is 4.06. The van der Waals surface area contributed by atoms with Crippen molar-refractivity contribution in [2.24, 2.45) is 0 Å². The number of hydrogen-bond acceptors (Lipinski definition) is 4. The number of methoxy groups -OCH3 is 1. The second-order valence-corrected chi connectivity index (χ2v) is 6.51. The Morgan fingerprint density at radius 1 is 1.17 bits per heavy atom. The lowest BCUT2D eigenvalue weighted by atomic mass is 10.1. The third kappa shape index (κ3) is 3.63. The van der Waals surface area contributed by atoms with Gasteiger partial charge >= 0.3 is 0 Å². The zero-order valence-corrected chi connectivity index (χ0v) is 14.4. The van der Waals surface area contributed by atoms with Crippen LogP contribution in [0.3, 0.4) is 0 Å². The van der Waals surface area contributed by atoms with Gasteiger partial charge in [0.25, 0.3) is 5.91 Å². The van der Waals surface area contributed by atoms with Gasteiger partial charge in [0.05, 0.1) is 17.8 Å². The standard InChI is InChI=1S/C19H18N2O2S/c1-13-21-17(15-8-4-3-5-9-15)18(24-13)19(22)20-12-14-7-6-10-16(11-14)23-2/h3-11H,12H2,1-2H3,(H,20,22). The topological polar surface area (TPSA) is 51.2 Å². The third-order valence-electron chi connectivity index (χ3n) is 3.57. The number of rotatable bonds is 5. The minimum Gasteiger partial charge on any atom is -0.497 e. The summed E-state index contributed by atoms with van der Waals surface area (Å²) in [5.41, 5.74) is 2.68. The summed E-state index contributed by atoms with van der Waals surface area (Å²) >= 11 is 1.41. The van der Waals surface area contributed by atoms with Crippen molar-refractivity contribution in [3.8, 4) is 17.0 Å². The molecule has 3 rings (SSSR count). The fraction of sp³-hybridized carbons (Fsp3) is 0.158. The molecule has 0 saturated heterocycles. The average molecular weight is 338 g/mol. The van der Waals surface area contributed by atoms with Gasteiger partial charge in [0.1, 0.15) is 10.6 Å². The number of nitrogens with one attached hydrogen (secondary N) is 1. The average Bonchev–Trinajstić information content (AvgIpc) is 3.02. The normalized spacial score (nSPS) is 10.4. The largest absolute Gasteiger partial charge is 0.497 e. The quantitative estimate of drug-likeness (QED) is 0.763. The summed E-state index contributed by atoms with van der Waals surface area (Å²) < 4.78 is 5.21. The highest BCUT2D eigenvalue weighted by molar-refractivity contribution is 7.14. The van der Waals surface area contributed by atoms with E-state index >= 15 is 0 Å². The maximum atomic E-state index is 12.6. The summed E-state index contributed by atoms with van der Waals surface area (Å²) in [6.07, 6.45) is 0. The summed E-state index contributed by atoms with van der Waals surface area (Å²) in [5, 5.41) is 3.84. The fourth-order valence-corrected chi connectivity index (χ4v) is 3.28. The monoisotopic (exact) mass is 338 g/mol. The molecule has 0 radical (unpaired) electrons. The summed E-state index contributed by atoms with van der Waals surface area (Å²) in [5.74, 6) is 0.669. The lowest BCUT2D eigenvalue weighted by Crippen LogP contribution is -2.22. The lowest BCUT2D eigenvalue weighted by Gasteiger charge is -2.07. The van der Waals surface area contributed by atoms with Crippen LogP contribution in [-0.2, 0) is 6.54 Å². The van der Waals surface area contributed by atoms with Gasteiger partial charge in [0.15, 0.2) is 0 Å². The van der Waals surface area contributed by atoms with Gasteiger partial charge in [-0.05, 0) is 24.6 Å². The van der Waals surface area contributed by atoms with Crippen LogP contribution in [0.2, 0.25) is 0 Å². The first-order chi connectivity index (χ1) is 11.7. The zero-order chi connectivity index (χ0) is 16.9. The molecule has 3 aromatic rings. The van der Waals surface area contributed by atoms with Gasteiger partial charge in [-0.25, -0.2) is 4.98 Å². The fourth-order valence-electron chi connectivity index (χ4n) is 2.42. The van der Waals surface area contributed by atoms with E-state index in [1.807, 2.05) is 61.5 Å². The Kier molecular flexibility index (Phi) is 4.91. The van der Waals surface area contributed by atoms with Gasteiger partial charge in [-0.2, -0.15) is 0 Å². The van der Waals surface area contributed by atoms with E-state index in [1.165, 1.54) is 11.3 Å². The molecule has 1 N–H and O–H groups in total. The zero-order valence-electron chi connectivity index (χ0n) is 13.6. The number of nitrogens with zero attached hydrogens (tertiary/aromatic N) is 1. The van der Waals surface area contributed by atoms with Crippen LogP contribution in [0.5, 0.6) is 5.75 Å². The Labute approximate surface area is 145 Å². The SMILES string of the molecule is COc1cccc(CNC(=O)c2sc(C)nc2-c2ccccc2)c1. The first-order valence-corrected chi connectivity index (χ1v) is 8.43. The van der Waals surface area contributed by atoms with Crippen molar-refractivity contribution in [3.63, 3.8) is 0 Å². The second kappa shape index (κ2) is 7.27. The second-order valence-electron chi connectivity index (χ2n) is 5.31. The molecule has 1 amide bonds. The van der Waals surface area contributed by atoms with Crippen molar-refractivity contribution < 1.29 is 9.53 Å². The van der Waals surface area contributed by atoms with E-state index in [4.69, 9.17) is 4.74 Å². The van der Waals surface area contributed by atoms with Crippen LogP contribution in [0.15, 0.2) is 54.6 Å². The van der Waals surface area contributed by atoms with Crippen molar-refractivity contribution in [1.29, 1.82) is 0 Å². The number of benzene rings is 2. The van der Waals surface area contributed by atoms with Crippen molar-refractivity contribution in [3.05, 3.63) is 70.0 Å². The number of amides is 1. The van der Waals surface area contributed by atoms with E-state index in [0.29, 0.717) is 11.4 Å². The van der Waals surface area contributed by atoms with Crippen LogP contribution in [-0.4, -0.2) is 18.0 Å². The molecule has 0 aliphatic rings. The van der Waals surface area contributed by atoms with Crippen LogP contribution in [0.4, 0.5) is 0 Å². The van der Waals surface area contributed by atoms with Crippen molar-refractivity contribution >= 4 is 17.2 Å². The van der Waals surface area contributed by atoms with Crippen LogP contribution in [0.25, 0.3) is 11.3 Å². The van der Waals surface area contributed by atoms with Crippen LogP contribution in [0, 0.1) is 6.92 Å². The molecule has 0 saturated carbocycles. The highest BCUT2D eigenvalue weighted by Gasteiger charge is 2.17. The molecule has 2 aromatic carbocycles. The van der Waals surface area contributed by atoms with Crippen LogP contribution >= 0.6 is 11.3 Å². The molecule has 0 bridgehead atoms. The number of aryl methyl sites for hydroxylation is 1. The maximum absolute atomic E-state index is 12.6. The highest BCUT2D eigenvalue weighted by atomic mass is 32.1. The molecule has 4 nitrogen and oxygen atoms in total. The van der Waals surface area contributed by atoms with Crippen molar-refractivity contribution in [1.82, 2.24) is 10.3 Å². The molecular weight excluding hydrogens is 320 g/mol. The minimum absolute atomic E-state index is 0.109. The molecule has 0 aliphatic heterocycles. The van der Waals surface area contributed by atoms with Crippen LogP contribution in [0.1, 0.15) is 20.2 Å². The molecule has 0 spiro atoms. The number of carbonyl (C=O) groups excluding carboxylic acids is 1. The molecule has 122 valence electrons. The molecule has 24 heavy (non-hydrogen) atoms. The van der Waals surface area contributed by atoms with E-state index in [2.05, 4.69) is 10.3 Å². The summed E-state index contributed by atoms with van der Waals surface area (Å²) in [6, 6.07) is 17.4. The van der Waals surface area contributed by atoms with E-state index in [-0.39, 0.29) is 5.91 Å².